The highest BCUT2D eigenvalue weighted by molar-refractivity contribution is 5.75. The normalized spacial score (nSPS) is 23.6. The first-order valence-electron chi connectivity index (χ1n) is 14.2. The summed E-state index contributed by atoms with van der Waals surface area (Å²) in [6.45, 7) is 3.95. The number of piperidine rings is 1. The van der Waals surface area contributed by atoms with Crippen molar-refractivity contribution in [2.45, 2.75) is 51.5 Å². The van der Waals surface area contributed by atoms with Crippen LogP contribution in [0.15, 0.2) is 66.4 Å². The zero-order valence-electron chi connectivity index (χ0n) is 22.5. The molecular weight excluding hydrogens is 491 g/mol. The third-order valence-electron chi connectivity index (χ3n) is 9.40. The van der Waals surface area contributed by atoms with E-state index in [1.807, 2.05) is 34.0 Å². The summed E-state index contributed by atoms with van der Waals surface area (Å²) in [5, 5.41) is 17.5. The van der Waals surface area contributed by atoms with Gasteiger partial charge in [-0.1, -0.05) is 42.8 Å². The number of rotatable bonds is 6. The molecule has 3 atom stereocenters. The van der Waals surface area contributed by atoms with Crippen molar-refractivity contribution in [1.29, 1.82) is 0 Å². The second-order valence-corrected chi connectivity index (χ2v) is 11.7. The number of amides is 2. The number of aliphatic hydroxyl groups is 1. The van der Waals surface area contributed by atoms with Crippen LogP contribution >= 0.6 is 0 Å². The Balaban J connectivity index is 1.22. The fourth-order valence-electron chi connectivity index (χ4n) is 6.91. The lowest BCUT2D eigenvalue weighted by Crippen LogP contribution is -2.46. The van der Waals surface area contributed by atoms with Gasteiger partial charge in [0.1, 0.15) is 5.82 Å². The van der Waals surface area contributed by atoms with Gasteiger partial charge in [0.25, 0.3) is 0 Å². The van der Waals surface area contributed by atoms with Crippen LogP contribution in [0.3, 0.4) is 0 Å². The van der Waals surface area contributed by atoms with Crippen molar-refractivity contribution >= 4 is 12.1 Å². The summed E-state index contributed by atoms with van der Waals surface area (Å²) in [5.41, 5.74) is 5.74. The number of aromatic nitrogens is 2. The SMILES string of the molecule is C[C@]12Cc3cnn(-c4ccc(F)cc4)c3C=C1CC[C@@H]2CC(NC(=O)N1CCC(CO)CC1)c1ccccc1. The molecular formula is C32H37FN4O2. The van der Waals surface area contributed by atoms with E-state index in [9.17, 15) is 14.3 Å². The van der Waals surface area contributed by atoms with Gasteiger partial charge in [-0.25, -0.2) is 13.9 Å². The molecule has 6 rings (SSSR count). The number of nitrogens with one attached hydrogen (secondary N) is 1. The van der Waals surface area contributed by atoms with Crippen LogP contribution in [0, 0.1) is 23.1 Å². The molecule has 2 N–H and O–H groups in total. The van der Waals surface area contributed by atoms with E-state index in [1.165, 1.54) is 23.3 Å². The summed E-state index contributed by atoms with van der Waals surface area (Å²) in [4.78, 5) is 15.2. The van der Waals surface area contributed by atoms with Gasteiger partial charge in [-0.05, 0) is 97.2 Å². The predicted molar refractivity (Wildman–Crippen MR) is 150 cm³/mol. The topological polar surface area (TPSA) is 70.4 Å². The summed E-state index contributed by atoms with van der Waals surface area (Å²) >= 11 is 0. The van der Waals surface area contributed by atoms with Crippen LogP contribution in [0.5, 0.6) is 0 Å². The lowest BCUT2D eigenvalue weighted by Gasteiger charge is -2.38. The minimum Gasteiger partial charge on any atom is -0.396 e. The van der Waals surface area contributed by atoms with Crippen molar-refractivity contribution in [3.63, 3.8) is 0 Å². The third-order valence-corrected chi connectivity index (χ3v) is 9.40. The van der Waals surface area contributed by atoms with Crippen molar-refractivity contribution in [2.24, 2.45) is 17.3 Å². The number of carbonyl (C=O) groups excluding carboxylic acids is 1. The molecule has 2 aliphatic carbocycles. The molecule has 1 unspecified atom stereocenters. The standard InChI is InChI=1S/C32H37FN4O2/c1-32-19-24-20-34-37(28-11-9-27(33)10-12-28)30(24)18-26(32)8-7-25(32)17-29(23-5-3-2-4-6-23)35-31(39)36-15-13-22(21-38)14-16-36/h2-6,9-12,18,20,22,25,29,38H,7-8,13-17,19,21H2,1H3,(H,35,39)/t25-,29?,32-/m1/s1. The lowest BCUT2D eigenvalue weighted by molar-refractivity contribution is 0.133. The Labute approximate surface area is 229 Å². The van der Waals surface area contributed by atoms with Gasteiger partial charge < -0.3 is 15.3 Å². The number of urea groups is 1. The Morgan fingerprint density at radius 1 is 1.13 bits per heavy atom. The van der Waals surface area contributed by atoms with Crippen molar-refractivity contribution in [3.05, 3.63) is 89.0 Å². The van der Waals surface area contributed by atoms with E-state index < -0.39 is 0 Å². The monoisotopic (exact) mass is 528 g/mol. The number of carbonyl (C=O) groups is 1. The Bertz CT molecular complexity index is 1340. The summed E-state index contributed by atoms with van der Waals surface area (Å²) in [7, 11) is 0. The molecule has 0 radical (unpaired) electrons. The number of aliphatic hydroxyl groups excluding tert-OH is 1. The molecule has 1 saturated carbocycles. The first-order chi connectivity index (χ1) is 18.9. The second kappa shape index (κ2) is 10.6. The van der Waals surface area contributed by atoms with Crippen molar-refractivity contribution in [1.82, 2.24) is 20.0 Å². The Hall–Kier alpha value is -3.45. The van der Waals surface area contributed by atoms with Crippen LogP contribution < -0.4 is 5.32 Å². The van der Waals surface area contributed by atoms with Crippen LogP contribution in [0.25, 0.3) is 11.8 Å². The first kappa shape index (κ1) is 25.8. The number of allylic oxidation sites excluding steroid dienone is 1. The molecule has 6 nitrogen and oxygen atoms in total. The van der Waals surface area contributed by atoms with Crippen molar-refractivity contribution in [2.75, 3.05) is 19.7 Å². The third kappa shape index (κ3) is 5.00. The molecule has 204 valence electrons. The molecule has 3 aromatic rings. The molecule has 39 heavy (non-hydrogen) atoms. The van der Waals surface area contributed by atoms with Gasteiger partial charge in [0.05, 0.1) is 23.6 Å². The lowest BCUT2D eigenvalue weighted by atomic mass is 9.68. The molecule has 3 aliphatic rings. The molecule has 2 fully saturated rings. The Morgan fingerprint density at radius 3 is 2.59 bits per heavy atom. The number of benzene rings is 2. The van der Waals surface area contributed by atoms with Gasteiger partial charge in [-0.2, -0.15) is 5.10 Å². The van der Waals surface area contributed by atoms with Crippen LogP contribution in [-0.4, -0.2) is 45.5 Å². The molecule has 2 heterocycles. The summed E-state index contributed by atoms with van der Waals surface area (Å²) in [6, 6.07) is 16.7. The highest BCUT2D eigenvalue weighted by atomic mass is 19.1. The quantitative estimate of drug-likeness (QED) is 0.418. The van der Waals surface area contributed by atoms with Gasteiger partial charge in [0.2, 0.25) is 0 Å². The van der Waals surface area contributed by atoms with E-state index >= 15 is 0 Å². The first-order valence-corrected chi connectivity index (χ1v) is 14.2. The van der Waals surface area contributed by atoms with Gasteiger partial charge in [-0.15, -0.1) is 0 Å². The van der Waals surface area contributed by atoms with Gasteiger partial charge in [0, 0.05) is 19.7 Å². The second-order valence-electron chi connectivity index (χ2n) is 11.7. The number of fused-ring (bicyclic) bond motifs is 2. The fourth-order valence-corrected chi connectivity index (χ4v) is 6.91. The molecule has 0 bridgehead atoms. The van der Waals surface area contributed by atoms with E-state index in [4.69, 9.17) is 0 Å². The maximum Gasteiger partial charge on any atom is 0.317 e. The van der Waals surface area contributed by atoms with Gasteiger partial charge in [-0.3, -0.25) is 0 Å². The predicted octanol–water partition coefficient (Wildman–Crippen LogP) is 5.91. The minimum absolute atomic E-state index is 0.000882. The average molecular weight is 529 g/mol. The molecule has 1 aromatic heterocycles. The van der Waals surface area contributed by atoms with Crippen molar-refractivity contribution in [3.8, 4) is 5.69 Å². The maximum atomic E-state index is 13.5. The van der Waals surface area contributed by atoms with E-state index in [0.717, 1.165) is 55.5 Å². The maximum absolute atomic E-state index is 13.5. The van der Waals surface area contributed by atoms with E-state index in [2.05, 4.69) is 35.5 Å². The van der Waals surface area contributed by atoms with E-state index in [0.29, 0.717) is 24.9 Å². The molecule has 1 aliphatic heterocycles. The number of likely N-dealkylation sites (tertiary alicyclic amines) is 1. The molecule has 1 saturated heterocycles. The number of hydrogen-bond acceptors (Lipinski definition) is 3. The number of nitrogens with zero attached hydrogens (tertiary/aromatic N) is 3. The van der Waals surface area contributed by atoms with Crippen LogP contribution in [0.1, 0.15) is 61.9 Å². The summed E-state index contributed by atoms with van der Waals surface area (Å²) in [6.07, 6.45) is 9.85. The largest absolute Gasteiger partial charge is 0.396 e. The van der Waals surface area contributed by atoms with Crippen LogP contribution in [0.4, 0.5) is 9.18 Å². The van der Waals surface area contributed by atoms with E-state index in [1.54, 1.807) is 12.1 Å². The Morgan fingerprint density at radius 2 is 1.87 bits per heavy atom. The number of halogens is 1. The zero-order chi connectivity index (χ0) is 27.0. The highest BCUT2D eigenvalue weighted by Gasteiger charge is 2.46. The smallest absolute Gasteiger partial charge is 0.317 e. The highest BCUT2D eigenvalue weighted by Crippen LogP contribution is 2.55. The van der Waals surface area contributed by atoms with Crippen LogP contribution in [-0.2, 0) is 6.42 Å². The minimum atomic E-state index is -0.251. The van der Waals surface area contributed by atoms with Gasteiger partial charge >= 0.3 is 6.03 Å². The molecule has 7 heteroatoms. The van der Waals surface area contributed by atoms with Crippen LogP contribution in [0.2, 0.25) is 0 Å². The zero-order valence-corrected chi connectivity index (χ0v) is 22.5. The summed E-state index contributed by atoms with van der Waals surface area (Å²) in [5.74, 6) is 0.460. The molecule has 0 spiro atoms. The summed E-state index contributed by atoms with van der Waals surface area (Å²) < 4.78 is 15.4. The van der Waals surface area contributed by atoms with Crippen molar-refractivity contribution < 1.29 is 14.3 Å². The average Bonchev–Trinajstić information content (AvgIpc) is 3.51. The Kier molecular flexibility index (Phi) is 7.02. The molecule has 2 aromatic carbocycles. The van der Waals surface area contributed by atoms with Gasteiger partial charge in [0.15, 0.2) is 0 Å². The molecule has 2 amide bonds. The number of hydrogen-bond donors (Lipinski definition) is 2. The fraction of sp³-hybridized carbons (Fsp3) is 0.438. The van der Waals surface area contributed by atoms with E-state index in [-0.39, 0.29) is 29.9 Å².